The third-order valence-electron chi connectivity index (χ3n) is 3.52. The van der Waals surface area contributed by atoms with Crippen LogP contribution >= 0.6 is 0 Å². The van der Waals surface area contributed by atoms with E-state index in [1.807, 2.05) is 29.1 Å². The fourth-order valence-electron chi connectivity index (χ4n) is 2.26. The molecule has 1 atom stereocenters. The molecular weight excluding hydrogens is 290 g/mol. The van der Waals surface area contributed by atoms with Crippen molar-refractivity contribution in [3.63, 3.8) is 0 Å². The minimum Gasteiger partial charge on any atom is -0.186 e. The van der Waals surface area contributed by atoms with Crippen molar-refractivity contribution in [1.82, 2.24) is 0 Å². The number of carbonyl (C=O) groups excluding carboxylic acids is 2. The van der Waals surface area contributed by atoms with Crippen LogP contribution in [0.4, 0.5) is 5.69 Å². The zero-order valence-corrected chi connectivity index (χ0v) is 13.1. The van der Waals surface area contributed by atoms with Crippen molar-refractivity contribution in [1.29, 1.82) is 0 Å². The van der Waals surface area contributed by atoms with Crippen molar-refractivity contribution in [3.05, 3.63) is 65.7 Å². The molecule has 2 aromatic carbocycles. The van der Waals surface area contributed by atoms with Gasteiger partial charge in [-0.3, -0.25) is 0 Å². The van der Waals surface area contributed by atoms with Gasteiger partial charge in [-0.15, -0.1) is 4.68 Å². The van der Waals surface area contributed by atoms with E-state index in [1.165, 1.54) is 5.56 Å². The summed E-state index contributed by atoms with van der Waals surface area (Å²) in [7, 11) is 0. The monoisotopic (exact) mass is 308 g/mol. The Bertz CT molecular complexity index is 729. The Hall–Kier alpha value is -2.91. The van der Waals surface area contributed by atoms with Gasteiger partial charge >= 0.3 is 6.15 Å². The summed E-state index contributed by atoms with van der Waals surface area (Å²) in [4.78, 5) is 16.2. The van der Waals surface area contributed by atoms with Crippen LogP contribution in [0, 0.1) is 0 Å². The molecule has 0 spiro atoms. The molecule has 0 amide bonds. The Morgan fingerprint density at radius 2 is 1.61 bits per heavy atom. The topological polar surface area (TPSA) is 61.9 Å². The molecule has 0 bridgehead atoms. The zero-order chi connectivity index (χ0) is 16.7. The number of hydrogen-bond donors (Lipinski definition) is 0. The normalized spacial score (nSPS) is 15.6. The zero-order valence-electron chi connectivity index (χ0n) is 13.1. The molecule has 0 saturated heterocycles. The maximum absolute atomic E-state index is 8.12. The highest BCUT2D eigenvalue weighted by Gasteiger charge is 2.24. The summed E-state index contributed by atoms with van der Waals surface area (Å²) < 4.78 is 1.85. The lowest BCUT2D eigenvalue weighted by molar-refractivity contribution is -0.444. The van der Waals surface area contributed by atoms with Gasteiger partial charge in [0.1, 0.15) is 5.22 Å². The van der Waals surface area contributed by atoms with Crippen molar-refractivity contribution >= 4 is 18.1 Å². The van der Waals surface area contributed by atoms with Gasteiger partial charge in [-0.25, -0.2) is 0 Å². The maximum atomic E-state index is 8.12. The maximum Gasteiger partial charge on any atom is 0.373 e. The Morgan fingerprint density at radius 1 is 1.00 bits per heavy atom. The highest BCUT2D eigenvalue weighted by Crippen LogP contribution is 2.25. The van der Waals surface area contributed by atoms with E-state index in [0.717, 1.165) is 11.3 Å². The Labute approximate surface area is 135 Å². The summed E-state index contributed by atoms with van der Waals surface area (Å²) in [6, 6.07) is 18.7. The van der Waals surface area contributed by atoms with E-state index in [9.17, 15) is 0 Å². The Morgan fingerprint density at radius 3 is 2.17 bits per heavy atom. The SMILES string of the molecule is CC(C)c1ccc([N+]2=CC(c3ccccc3)N=N2)cc1.O=C=O. The van der Waals surface area contributed by atoms with Gasteiger partial charge in [-0.05, 0) is 23.6 Å². The van der Waals surface area contributed by atoms with Crippen molar-refractivity contribution in [2.24, 2.45) is 10.3 Å². The molecule has 23 heavy (non-hydrogen) atoms. The average Bonchev–Trinajstić information content (AvgIpc) is 3.06. The van der Waals surface area contributed by atoms with E-state index in [2.05, 4.69) is 60.6 Å². The summed E-state index contributed by atoms with van der Waals surface area (Å²) in [5.74, 6) is 0.547. The molecule has 5 nitrogen and oxygen atoms in total. The minimum atomic E-state index is 0.0148. The first kappa shape index (κ1) is 16.5. The molecule has 0 fully saturated rings. The summed E-state index contributed by atoms with van der Waals surface area (Å²) in [6.07, 6.45) is 2.29. The smallest absolute Gasteiger partial charge is 0.186 e. The summed E-state index contributed by atoms with van der Waals surface area (Å²) in [6.45, 7) is 4.39. The van der Waals surface area contributed by atoms with Crippen LogP contribution in [0.2, 0.25) is 0 Å². The van der Waals surface area contributed by atoms with Gasteiger partial charge in [-0.1, -0.05) is 56.3 Å². The third-order valence-corrected chi connectivity index (χ3v) is 3.52. The second kappa shape index (κ2) is 7.92. The second-order valence-electron chi connectivity index (χ2n) is 5.38. The van der Waals surface area contributed by atoms with Gasteiger partial charge < -0.3 is 0 Å². The molecule has 1 unspecified atom stereocenters. The van der Waals surface area contributed by atoms with Gasteiger partial charge in [0.05, 0.1) is 0 Å². The fourth-order valence-corrected chi connectivity index (χ4v) is 2.26. The lowest BCUT2D eigenvalue weighted by Crippen LogP contribution is -1.99. The minimum absolute atomic E-state index is 0.0148. The predicted molar refractivity (Wildman–Crippen MR) is 85.6 cm³/mol. The highest BCUT2D eigenvalue weighted by molar-refractivity contribution is 5.65. The molecule has 5 heteroatoms. The van der Waals surface area contributed by atoms with Crippen molar-refractivity contribution < 1.29 is 14.3 Å². The number of rotatable bonds is 3. The standard InChI is InChI=1S/C17H18N3.CO2/c1-13(2)14-8-10-16(11-9-14)20-12-17(18-19-20)15-6-4-3-5-7-15;2-1-3/h3-13,17H,1-2H3;/q+1;. The van der Waals surface area contributed by atoms with Gasteiger partial charge in [0, 0.05) is 10.7 Å². The van der Waals surface area contributed by atoms with Crippen LogP contribution in [0.15, 0.2) is 64.9 Å². The summed E-state index contributed by atoms with van der Waals surface area (Å²) in [5.41, 5.74) is 3.55. The Balaban J connectivity index is 0.000000595. The van der Waals surface area contributed by atoms with Crippen LogP contribution < -0.4 is 0 Å². The van der Waals surface area contributed by atoms with Gasteiger partial charge in [0.15, 0.2) is 11.9 Å². The quantitative estimate of drug-likeness (QED) is 0.803. The van der Waals surface area contributed by atoms with Gasteiger partial charge in [-0.2, -0.15) is 9.59 Å². The van der Waals surface area contributed by atoms with Crippen LogP contribution in [0.5, 0.6) is 0 Å². The number of benzene rings is 2. The van der Waals surface area contributed by atoms with E-state index in [-0.39, 0.29) is 12.2 Å². The van der Waals surface area contributed by atoms with E-state index in [0.29, 0.717) is 5.92 Å². The third kappa shape index (κ3) is 4.28. The van der Waals surface area contributed by atoms with Crippen molar-refractivity contribution in [2.45, 2.75) is 25.8 Å². The second-order valence-corrected chi connectivity index (χ2v) is 5.38. The summed E-state index contributed by atoms with van der Waals surface area (Å²) >= 11 is 0. The van der Waals surface area contributed by atoms with E-state index in [4.69, 9.17) is 9.59 Å². The van der Waals surface area contributed by atoms with Crippen LogP contribution in [-0.4, -0.2) is 17.1 Å². The molecule has 2 aromatic rings. The predicted octanol–water partition coefficient (Wildman–Crippen LogP) is 4.06. The number of nitrogens with zero attached hydrogens (tertiary/aromatic N) is 3. The van der Waals surface area contributed by atoms with Crippen LogP contribution in [0.25, 0.3) is 0 Å². The molecule has 0 saturated carbocycles. The Kier molecular flexibility index (Phi) is 5.67. The lowest BCUT2D eigenvalue weighted by Gasteiger charge is -2.04. The van der Waals surface area contributed by atoms with Gasteiger partial charge in [0.2, 0.25) is 6.04 Å². The van der Waals surface area contributed by atoms with Crippen molar-refractivity contribution in [3.8, 4) is 0 Å². The van der Waals surface area contributed by atoms with E-state index in [1.54, 1.807) is 0 Å². The van der Waals surface area contributed by atoms with E-state index >= 15 is 0 Å². The molecule has 0 aromatic heterocycles. The fraction of sp³-hybridized carbons (Fsp3) is 0.222. The first-order valence-electron chi connectivity index (χ1n) is 7.35. The molecule has 0 aliphatic carbocycles. The average molecular weight is 308 g/mol. The lowest BCUT2D eigenvalue weighted by atomic mass is 10.0. The van der Waals surface area contributed by atoms with Crippen LogP contribution in [0.3, 0.4) is 0 Å². The van der Waals surface area contributed by atoms with Crippen LogP contribution in [-0.2, 0) is 9.59 Å². The molecule has 0 radical (unpaired) electrons. The summed E-state index contributed by atoms with van der Waals surface area (Å²) in [5, 5.41) is 8.56. The number of hydrogen-bond acceptors (Lipinski definition) is 4. The largest absolute Gasteiger partial charge is 0.373 e. The molecular formula is C18H18N3O2+. The van der Waals surface area contributed by atoms with E-state index < -0.39 is 0 Å². The molecule has 0 N–H and O–H groups in total. The molecule has 1 heterocycles. The molecule has 116 valence electrons. The molecule has 3 rings (SSSR count). The van der Waals surface area contributed by atoms with Crippen molar-refractivity contribution in [2.75, 3.05) is 0 Å². The first-order chi connectivity index (χ1) is 11.2. The highest BCUT2D eigenvalue weighted by atomic mass is 16.2. The van der Waals surface area contributed by atoms with Crippen LogP contribution in [0.1, 0.15) is 36.9 Å². The first-order valence-corrected chi connectivity index (χ1v) is 7.35. The molecule has 1 aliphatic heterocycles. The van der Waals surface area contributed by atoms with Gasteiger partial charge in [0.25, 0.3) is 0 Å². The molecule has 1 aliphatic rings.